The first-order chi connectivity index (χ1) is 10.2. The molecular formula is C12H15N5O4S. The molecule has 9 nitrogen and oxygen atoms in total. The molecule has 1 aromatic rings. The number of amides is 1. The molecule has 1 aliphatic carbocycles. The van der Waals surface area contributed by atoms with Crippen molar-refractivity contribution in [1.29, 1.82) is 0 Å². The minimum Gasteiger partial charge on any atom is -0.467 e. The van der Waals surface area contributed by atoms with Crippen LogP contribution >= 0.6 is 0 Å². The molecule has 0 saturated heterocycles. The number of primary sulfonamides is 1. The number of allylic oxidation sites excluding steroid dienone is 2. The van der Waals surface area contributed by atoms with Gasteiger partial charge in [-0.15, -0.1) is 0 Å². The van der Waals surface area contributed by atoms with Gasteiger partial charge in [0.05, 0.1) is 12.5 Å². The second-order valence-electron chi connectivity index (χ2n) is 4.84. The fourth-order valence-electron chi connectivity index (χ4n) is 2.43. The van der Waals surface area contributed by atoms with Crippen LogP contribution in [0.4, 0.5) is 0 Å². The Morgan fingerprint density at radius 2 is 2.09 bits per heavy atom. The maximum absolute atomic E-state index is 11.9. The van der Waals surface area contributed by atoms with E-state index in [0.29, 0.717) is 0 Å². The second kappa shape index (κ2) is 5.46. The Balaban J connectivity index is 2.73. The maximum Gasteiger partial charge on any atom is 0.319 e. The van der Waals surface area contributed by atoms with E-state index >= 15 is 0 Å². The van der Waals surface area contributed by atoms with Crippen LogP contribution in [0.5, 0.6) is 6.01 Å². The van der Waals surface area contributed by atoms with E-state index in [4.69, 9.17) is 15.6 Å². The SMILES string of the molecule is COc1ncnc(C2(C)C(C(N)=O)=CC=CC2S(N)(=O)=O)n1. The molecule has 1 aromatic heterocycles. The van der Waals surface area contributed by atoms with Gasteiger partial charge in [-0.05, 0) is 6.92 Å². The van der Waals surface area contributed by atoms with Crippen LogP contribution in [0.3, 0.4) is 0 Å². The van der Waals surface area contributed by atoms with E-state index in [1.807, 2.05) is 0 Å². The number of rotatable bonds is 4. The summed E-state index contributed by atoms with van der Waals surface area (Å²) in [5, 5.41) is 4.04. The molecule has 1 amide bonds. The summed E-state index contributed by atoms with van der Waals surface area (Å²) in [6.07, 6.45) is 5.34. The number of hydrogen-bond donors (Lipinski definition) is 2. The molecule has 4 N–H and O–H groups in total. The van der Waals surface area contributed by atoms with Crippen LogP contribution in [0.1, 0.15) is 12.7 Å². The van der Waals surface area contributed by atoms with Gasteiger partial charge in [0, 0.05) is 5.57 Å². The topological polar surface area (TPSA) is 151 Å². The highest BCUT2D eigenvalue weighted by atomic mass is 32.2. The Bertz CT molecular complexity index is 773. The quantitative estimate of drug-likeness (QED) is 0.703. The van der Waals surface area contributed by atoms with E-state index < -0.39 is 26.6 Å². The van der Waals surface area contributed by atoms with Crippen LogP contribution in [0.2, 0.25) is 0 Å². The van der Waals surface area contributed by atoms with Crippen LogP contribution in [-0.2, 0) is 20.2 Å². The van der Waals surface area contributed by atoms with Gasteiger partial charge in [0.25, 0.3) is 0 Å². The fraction of sp³-hybridized carbons (Fsp3) is 0.333. The normalized spacial score (nSPS) is 24.7. The van der Waals surface area contributed by atoms with Gasteiger partial charge in [-0.3, -0.25) is 4.79 Å². The average Bonchev–Trinajstić information content (AvgIpc) is 2.46. The molecule has 10 heteroatoms. The van der Waals surface area contributed by atoms with Crippen molar-refractivity contribution < 1.29 is 17.9 Å². The van der Waals surface area contributed by atoms with E-state index in [1.165, 1.54) is 32.3 Å². The highest BCUT2D eigenvalue weighted by Gasteiger charge is 2.49. The van der Waals surface area contributed by atoms with E-state index in [0.717, 1.165) is 6.33 Å². The first-order valence-corrected chi connectivity index (χ1v) is 7.76. The zero-order chi connectivity index (χ0) is 16.5. The lowest BCUT2D eigenvalue weighted by Gasteiger charge is -2.35. The molecule has 0 bridgehead atoms. The highest BCUT2D eigenvalue weighted by Crippen LogP contribution is 2.39. The van der Waals surface area contributed by atoms with E-state index in [2.05, 4.69) is 15.0 Å². The highest BCUT2D eigenvalue weighted by molar-refractivity contribution is 7.90. The Morgan fingerprint density at radius 3 is 2.64 bits per heavy atom. The predicted octanol–water partition coefficient (Wildman–Crippen LogP) is -1.22. The van der Waals surface area contributed by atoms with Gasteiger partial charge in [0.15, 0.2) is 0 Å². The summed E-state index contributed by atoms with van der Waals surface area (Å²) in [7, 11) is -2.69. The number of nitrogens with two attached hydrogens (primary N) is 2. The molecule has 0 radical (unpaired) electrons. The van der Waals surface area contributed by atoms with Gasteiger partial charge < -0.3 is 10.5 Å². The summed E-state index contributed by atoms with van der Waals surface area (Å²) in [5.74, 6) is -0.771. The smallest absolute Gasteiger partial charge is 0.319 e. The van der Waals surface area contributed by atoms with Gasteiger partial charge in [-0.1, -0.05) is 18.2 Å². The monoisotopic (exact) mass is 325 g/mol. The molecule has 22 heavy (non-hydrogen) atoms. The molecular weight excluding hydrogens is 310 g/mol. The number of carbonyl (C=O) groups excluding carboxylic acids is 1. The number of methoxy groups -OCH3 is 1. The van der Waals surface area contributed by atoms with Crippen molar-refractivity contribution in [2.24, 2.45) is 10.9 Å². The molecule has 1 aliphatic rings. The Kier molecular flexibility index (Phi) is 3.98. The number of carbonyl (C=O) groups is 1. The first-order valence-electron chi connectivity index (χ1n) is 6.15. The largest absolute Gasteiger partial charge is 0.467 e. The number of sulfonamides is 1. The molecule has 0 spiro atoms. The number of ether oxygens (including phenoxy) is 1. The van der Waals surface area contributed by atoms with Gasteiger partial charge in [-0.2, -0.15) is 9.97 Å². The number of aromatic nitrogens is 3. The lowest BCUT2D eigenvalue weighted by Crippen LogP contribution is -2.50. The Hall–Kier alpha value is -2.33. The fourth-order valence-corrected chi connectivity index (χ4v) is 3.62. The third kappa shape index (κ3) is 2.57. The van der Waals surface area contributed by atoms with E-state index in [-0.39, 0.29) is 17.4 Å². The van der Waals surface area contributed by atoms with Crippen LogP contribution in [-0.4, -0.2) is 41.6 Å². The van der Waals surface area contributed by atoms with Crippen molar-refractivity contribution in [3.63, 3.8) is 0 Å². The molecule has 0 aliphatic heterocycles. The third-order valence-corrected chi connectivity index (χ3v) is 4.83. The number of nitrogens with zero attached hydrogens (tertiary/aromatic N) is 3. The van der Waals surface area contributed by atoms with Crippen molar-refractivity contribution in [3.8, 4) is 6.01 Å². The van der Waals surface area contributed by atoms with E-state index in [1.54, 1.807) is 0 Å². The van der Waals surface area contributed by atoms with Gasteiger partial charge in [0.2, 0.25) is 15.9 Å². The first kappa shape index (κ1) is 16.0. The Labute approximate surface area is 127 Å². The maximum atomic E-state index is 11.9. The van der Waals surface area contributed by atoms with Crippen molar-refractivity contribution in [1.82, 2.24) is 15.0 Å². The van der Waals surface area contributed by atoms with Crippen molar-refractivity contribution in [2.45, 2.75) is 17.6 Å². The lowest BCUT2D eigenvalue weighted by atomic mass is 9.74. The molecule has 0 fully saturated rings. The third-order valence-electron chi connectivity index (χ3n) is 3.49. The number of primary amides is 1. The summed E-state index contributed by atoms with van der Waals surface area (Å²) in [4.78, 5) is 23.5. The molecule has 2 unspecified atom stereocenters. The summed E-state index contributed by atoms with van der Waals surface area (Å²) < 4.78 is 28.8. The zero-order valence-electron chi connectivity index (χ0n) is 11.9. The molecule has 0 saturated carbocycles. The van der Waals surface area contributed by atoms with E-state index in [9.17, 15) is 13.2 Å². The summed E-state index contributed by atoms with van der Waals surface area (Å²) in [5.41, 5.74) is 3.95. The zero-order valence-corrected chi connectivity index (χ0v) is 12.7. The van der Waals surface area contributed by atoms with Crippen molar-refractivity contribution >= 4 is 15.9 Å². The number of hydrogen-bond acceptors (Lipinski definition) is 7. The molecule has 118 valence electrons. The minimum absolute atomic E-state index is 0.0160. The summed E-state index contributed by atoms with van der Waals surface area (Å²) >= 11 is 0. The standard InChI is InChI=1S/C12H15N5O4S/c1-12(10-15-6-16-11(17-10)21-2)7(9(13)18)4-3-5-8(12)22(14,19)20/h3-6,8H,1-2H3,(H2,13,18)(H2,14,19,20). The average molecular weight is 325 g/mol. The Morgan fingerprint density at radius 1 is 1.41 bits per heavy atom. The van der Waals surface area contributed by atoms with Gasteiger partial charge >= 0.3 is 6.01 Å². The van der Waals surface area contributed by atoms with Crippen molar-refractivity contribution in [2.75, 3.05) is 7.11 Å². The van der Waals surface area contributed by atoms with Crippen LogP contribution < -0.4 is 15.6 Å². The van der Waals surface area contributed by atoms with Crippen molar-refractivity contribution in [3.05, 3.63) is 36.0 Å². The summed E-state index contributed by atoms with van der Waals surface area (Å²) in [6.45, 7) is 1.48. The van der Waals surface area contributed by atoms with Crippen LogP contribution in [0.15, 0.2) is 30.1 Å². The predicted molar refractivity (Wildman–Crippen MR) is 77.0 cm³/mol. The molecule has 0 aromatic carbocycles. The van der Waals surface area contributed by atoms with Gasteiger partial charge in [-0.25, -0.2) is 18.5 Å². The molecule has 2 rings (SSSR count). The second-order valence-corrected chi connectivity index (χ2v) is 6.52. The van der Waals surface area contributed by atoms with Crippen LogP contribution in [0.25, 0.3) is 0 Å². The van der Waals surface area contributed by atoms with Gasteiger partial charge in [0.1, 0.15) is 17.4 Å². The molecule has 1 heterocycles. The summed E-state index contributed by atoms with van der Waals surface area (Å²) in [6, 6.07) is -0.0160. The van der Waals surface area contributed by atoms with Crippen LogP contribution in [0, 0.1) is 0 Å². The molecule has 2 atom stereocenters. The lowest BCUT2D eigenvalue weighted by molar-refractivity contribution is -0.115. The minimum atomic E-state index is -4.04.